The van der Waals surface area contributed by atoms with Crippen LogP contribution in [0.3, 0.4) is 0 Å². The molecule has 0 unspecified atom stereocenters. The van der Waals surface area contributed by atoms with Crippen molar-refractivity contribution in [2.24, 2.45) is 0 Å². The van der Waals surface area contributed by atoms with E-state index in [0.29, 0.717) is 0 Å². The van der Waals surface area contributed by atoms with E-state index in [1.165, 1.54) is 6.08 Å². The lowest BCUT2D eigenvalue weighted by Gasteiger charge is -2.23. The number of nitrogens with zero attached hydrogens (tertiary/aromatic N) is 2. The van der Waals surface area contributed by atoms with Gasteiger partial charge in [-0.05, 0) is 37.9 Å². The normalized spacial score (nSPS) is 11.1. The van der Waals surface area contributed by atoms with E-state index in [9.17, 15) is 4.79 Å². The quantitative estimate of drug-likeness (QED) is 0.553. The van der Waals surface area contributed by atoms with E-state index in [0.717, 1.165) is 30.6 Å². The van der Waals surface area contributed by atoms with Gasteiger partial charge in [-0.2, -0.15) is 0 Å². The minimum atomic E-state index is 0.802. The second-order valence-corrected chi connectivity index (χ2v) is 4.28. The number of carbonyl (C=O) groups is 1. The largest absolute Gasteiger partial charge is 0.373 e. The van der Waals surface area contributed by atoms with Crippen molar-refractivity contribution in [3.8, 4) is 0 Å². The molecule has 0 heterocycles. The van der Waals surface area contributed by atoms with E-state index >= 15 is 0 Å². The third-order valence-corrected chi connectivity index (χ3v) is 2.58. The molecule has 0 N–H and O–H groups in total. The van der Waals surface area contributed by atoms with Gasteiger partial charge in [0.05, 0.1) is 0 Å². The first kappa shape index (κ1) is 13.5. The average Bonchev–Trinajstić information content (AvgIpc) is 2.33. The number of benzene rings is 1. The summed E-state index contributed by atoms with van der Waals surface area (Å²) in [4.78, 5) is 14.7. The summed E-state index contributed by atoms with van der Waals surface area (Å²) >= 11 is 0. The van der Waals surface area contributed by atoms with Gasteiger partial charge in [-0.3, -0.25) is 4.79 Å². The van der Waals surface area contributed by atoms with Gasteiger partial charge < -0.3 is 9.80 Å². The Hall–Kier alpha value is -1.61. The molecule has 1 rings (SSSR count). The van der Waals surface area contributed by atoms with Crippen molar-refractivity contribution in [1.82, 2.24) is 4.90 Å². The molecule has 3 heteroatoms. The van der Waals surface area contributed by atoms with Crippen LogP contribution in [0.1, 0.15) is 5.56 Å². The maximum absolute atomic E-state index is 10.4. The highest BCUT2D eigenvalue weighted by Crippen LogP contribution is 2.20. The molecular formula is C14H20N2O. The topological polar surface area (TPSA) is 23.6 Å². The fourth-order valence-electron chi connectivity index (χ4n) is 1.59. The van der Waals surface area contributed by atoms with Crippen molar-refractivity contribution >= 4 is 18.0 Å². The lowest BCUT2D eigenvalue weighted by atomic mass is 10.1. The molecule has 0 amide bonds. The predicted octanol–water partition coefficient (Wildman–Crippen LogP) is 1.90. The molecule has 0 aliphatic rings. The van der Waals surface area contributed by atoms with Crippen molar-refractivity contribution in [3.63, 3.8) is 0 Å². The number of likely N-dealkylation sites (N-methyl/N-ethyl adjacent to an activating group) is 2. The Morgan fingerprint density at radius 3 is 2.47 bits per heavy atom. The zero-order valence-electron chi connectivity index (χ0n) is 10.8. The summed E-state index contributed by atoms with van der Waals surface area (Å²) < 4.78 is 0. The highest BCUT2D eigenvalue weighted by atomic mass is 16.1. The van der Waals surface area contributed by atoms with Crippen LogP contribution in [0.25, 0.3) is 6.08 Å². The van der Waals surface area contributed by atoms with Gasteiger partial charge in [-0.25, -0.2) is 0 Å². The van der Waals surface area contributed by atoms with Crippen molar-refractivity contribution in [2.75, 3.05) is 39.1 Å². The Morgan fingerprint density at radius 2 is 1.82 bits per heavy atom. The molecular weight excluding hydrogens is 212 g/mol. The molecule has 17 heavy (non-hydrogen) atoms. The van der Waals surface area contributed by atoms with Gasteiger partial charge in [0.15, 0.2) is 0 Å². The molecule has 0 fully saturated rings. The van der Waals surface area contributed by atoms with E-state index in [2.05, 4.69) is 37.0 Å². The van der Waals surface area contributed by atoms with Crippen LogP contribution < -0.4 is 4.90 Å². The molecule has 0 atom stereocenters. The van der Waals surface area contributed by atoms with Crippen molar-refractivity contribution < 1.29 is 4.79 Å². The first-order chi connectivity index (χ1) is 8.15. The monoisotopic (exact) mass is 232 g/mol. The molecule has 1 aromatic carbocycles. The van der Waals surface area contributed by atoms with Gasteiger partial charge in [0.2, 0.25) is 0 Å². The molecule has 92 valence electrons. The van der Waals surface area contributed by atoms with Gasteiger partial charge in [-0.15, -0.1) is 0 Å². The zero-order valence-corrected chi connectivity index (χ0v) is 10.8. The van der Waals surface area contributed by atoms with Gasteiger partial charge in [-0.1, -0.05) is 18.2 Å². The highest BCUT2D eigenvalue weighted by Gasteiger charge is 2.04. The number of rotatable bonds is 6. The molecule has 0 aliphatic carbocycles. The van der Waals surface area contributed by atoms with E-state index < -0.39 is 0 Å². The second kappa shape index (κ2) is 6.86. The summed E-state index contributed by atoms with van der Waals surface area (Å²) in [6.45, 7) is 1.96. The molecule has 0 bridgehead atoms. The first-order valence-electron chi connectivity index (χ1n) is 5.72. The number of anilines is 1. The number of aldehydes is 1. The van der Waals surface area contributed by atoms with Crippen LogP contribution in [0, 0.1) is 0 Å². The van der Waals surface area contributed by atoms with Crippen LogP contribution in [0.4, 0.5) is 5.69 Å². The number of para-hydroxylation sites is 1. The third-order valence-electron chi connectivity index (χ3n) is 2.58. The third kappa shape index (κ3) is 4.41. The first-order valence-corrected chi connectivity index (χ1v) is 5.72. The summed E-state index contributed by atoms with van der Waals surface area (Å²) in [6, 6.07) is 8.08. The fourth-order valence-corrected chi connectivity index (χ4v) is 1.59. The minimum Gasteiger partial charge on any atom is -0.373 e. The van der Waals surface area contributed by atoms with Crippen LogP contribution in [0.15, 0.2) is 30.3 Å². The molecule has 0 saturated carbocycles. The fraction of sp³-hybridized carbons (Fsp3) is 0.357. The van der Waals surface area contributed by atoms with Crippen molar-refractivity contribution in [3.05, 3.63) is 35.9 Å². The number of hydrogen-bond acceptors (Lipinski definition) is 3. The molecule has 1 aromatic rings. The van der Waals surface area contributed by atoms with Gasteiger partial charge in [0.25, 0.3) is 0 Å². The van der Waals surface area contributed by atoms with E-state index in [1.807, 2.05) is 24.3 Å². The summed E-state index contributed by atoms with van der Waals surface area (Å²) in [5.74, 6) is 0. The lowest BCUT2D eigenvalue weighted by molar-refractivity contribution is -0.104. The van der Waals surface area contributed by atoms with Crippen molar-refractivity contribution in [1.29, 1.82) is 0 Å². The number of carbonyl (C=O) groups excluding carboxylic acids is 1. The van der Waals surface area contributed by atoms with Crippen LogP contribution >= 0.6 is 0 Å². The van der Waals surface area contributed by atoms with Gasteiger partial charge in [0, 0.05) is 25.8 Å². The Kier molecular flexibility index (Phi) is 5.43. The smallest absolute Gasteiger partial charge is 0.142 e. The standard InChI is InChI=1S/C14H20N2O/c1-15(2)10-11-16(3)14-9-5-4-7-13(14)8-6-12-17/h4-9,12H,10-11H2,1-3H3. The molecule has 0 spiro atoms. The highest BCUT2D eigenvalue weighted by molar-refractivity contribution is 5.78. The van der Waals surface area contributed by atoms with E-state index in [4.69, 9.17) is 0 Å². The van der Waals surface area contributed by atoms with Crippen molar-refractivity contribution in [2.45, 2.75) is 0 Å². The van der Waals surface area contributed by atoms with Gasteiger partial charge in [0.1, 0.15) is 6.29 Å². The summed E-state index contributed by atoms with van der Waals surface area (Å²) in [6.07, 6.45) is 4.17. The van der Waals surface area contributed by atoms with E-state index in [1.54, 1.807) is 0 Å². The molecule has 0 saturated heterocycles. The molecule has 0 radical (unpaired) electrons. The van der Waals surface area contributed by atoms with E-state index in [-0.39, 0.29) is 0 Å². The Balaban J connectivity index is 2.81. The Morgan fingerprint density at radius 1 is 1.12 bits per heavy atom. The van der Waals surface area contributed by atoms with Crippen LogP contribution in [-0.4, -0.2) is 45.4 Å². The van der Waals surface area contributed by atoms with Crippen LogP contribution in [0.2, 0.25) is 0 Å². The summed E-state index contributed by atoms with van der Waals surface area (Å²) in [5, 5.41) is 0. The summed E-state index contributed by atoms with van der Waals surface area (Å²) in [5.41, 5.74) is 2.22. The maximum Gasteiger partial charge on any atom is 0.142 e. The lowest BCUT2D eigenvalue weighted by Crippen LogP contribution is -2.28. The molecule has 0 aliphatic heterocycles. The minimum absolute atomic E-state index is 0.802. The maximum atomic E-state index is 10.4. The Bertz CT molecular complexity index is 386. The predicted molar refractivity (Wildman–Crippen MR) is 73.4 cm³/mol. The summed E-state index contributed by atoms with van der Waals surface area (Å²) in [7, 11) is 6.19. The number of allylic oxidation sites excluding steroid dienone is 1. The molecule has 3 nitrogen and oxygen atoms in total. The SMILES string of the molecule is CN(C)CCN(C)c1ccccc1C=CC=O. The number of hydrogen-bond donors (Lipinski definition) is 0. The van der Waals surface area contributed by atoms with Crippen LogP contribution in [-0.2, 0) is 4.79 Å². The zero-order chi connectivity index (χ0) is 12.7. The second-order valence-electron chi connectivity index (χ2n) is 4.28. The average molecular weight is 232 g/mol. The van der Waals surface area contributed by atoms with Gasteiger partial charge >= 0.3 is 0 Å². The Labute approximate surface area is 103 Å². The van der Waals surface area contributed by atoms with Crippen LogP contribution in [0.5, 0.6) is 0 Å². The molecule has 0 aromatic heterocycles.